The molecule has 0 fully saturated rings. The second-order valence-corrected chi connectivity index (χ2v) is 5.56. The normalized spacial score (nSPS) is 12.9. The van der Waals surface area contributed by atoms with Crippen LogP contribution in [0.3, 0.4) is 0 Å². The van der Waals surface area contributed by atoms with Crippen LogP contribution in [-0.2, 0) is 4.79 Å². The Morgan fingerprint density at radius 2 is 1.65 bits per heavy atom. The highest BCUT2D eigenvalue weighted by atomic mass is 16.4. The Labute approximate surface area is 124 Å². The Morgan fingerprint density at radius 3 is 2.30 bits per heavy atom. The van der Waals surface area contributed by atoms with E-state index in [4.69, 9.17) is 5.11 Å². The van der Waals surface area contributed by atoms with Crippen molar-refractivity contribution in [1.82, 2.24) is 0 Å². The number of carboxylic acid groups (broad SMARTS) is 1. The summed E-state index contributed by atoms with van der Waals surface area (Å²) >= 11 is 0. The topological polar surface area (TPSA) is 57.5 Å². The first kappa shape index (κ1) is 19.2. The summed E-state index contributed by atoms with van der Waals surface area (Å²) in [7, 11) is 0. The molecule has 0 saturated heterocycles. The molecule has 1 atom stereocenters. The molecule has 118 valence electrons. The molecular weight excluding hydrogens is 252 g/mol. The van der Waals surface area contributed by atoms with Gasteiger partial charge in [0.1, 0.15) is 0 Å². The van der Waals surface area contributed by atoms with Crippen molar-refractivity contribution >= 4 is 5.97 Å². The smallest absolute Gasteiger partial charge is 0.303 e. The predicted molar refractivity (Wildman–Crippen MR) is 83.9 cm³/mol. The van der Waals surface area contributed by atoms with Crippen molar-refractivity contribution in [3.8, 4) is 0 Å². The van der Waals surface area contributed by atoms with E-state index in [1.165, 1.54) is 12.8 Å². The van der Waals surface area contributed by atoms with Crippen molar-refractivity contribution in [2.75, 3.05) is 0 Å². The Balaban J connectivity index is 3.24. The summed E-state index contributed by atoms with van der Waals surface area (Å²) in [6, 6.07) is 0. The number of allylic oxidation sites excluding steroid dienone is 1. The highest BCUT2D eigenvalue weighted by Crippen LogP contribution is 2.11. The van der Waals surface area contributed by atoms with Crippen LogP contribution in [0.2, 0.25) is 0 Å². The number of aliphatic carboxylic acids is 1. The fourth-order valence-electron chi connectivity index (χ4n) is 2.17. The van der Waals surface area contributed by atoms with Gasteiger partial charge in [-0.25, -0.2) is 0 Å². The van der Waals surface area contributed by atoms with Gasteiger partial charge in [-0.05, 0) is 25.7 Å². The van der Waals surface area contributed by atoms with Crippen molar-refractivity contribution in [3.05, 3.63) is 12.2 Å². The van der Waals surface area contributed by atoms with Crippen molar-refractivity contribution in [3.63, 3.8) is 0 Å². The van der Waals surface area contributed by atoms with Crippen LogP contribution in [0, 0.1) is 0 Å². The summed E-state index contributed by atoms with van der Waals surface area (Å²) in [6.45, 7) is 2.18. The van der Waals surface area contributed by atoms with Gasteiger partial charge in [-0.1, -0.05) is 64.0 Å². The van der Waals surface area contributed by atoms with E-state index in [0.717, 1.165) is 57.8 Å². The highest BCUT2D eigenvalue weighted by Gasteiger charge is 2.01. The average Bonchev–Trinajstić information content (AvgIpc) is 2.41. The zero-order valence-electron chi connectivity index (χ0n) is 13.0. The Morgan fingerprint density at radius 1 is 1.00 bits per heavy atom. The molecule has 0 aromatic carbocycles. The van der Waals surface area contributed by atoms with E-state index in [-0.39, 0.29) is 6.10 Å². The number of hydrogen-bond donors (Lipinski definition) is 2. The molecule has 0 aromatic heterocycles. The molecule has 0 heterocycles. The van der Waals surface area contributed by atoms with Crippen molar-refractivity contribution in [2.45, 2.75) is 90.1 Å². The van der Waals surface area contributed by atoms with Gasteiger partial charge in [-0.3, -0.25) is 4.79 Å². The molecular formula is C17H32O3. The van der Waals surface area contributed by atoms with E-state index in [2.05, 4.69) is 19.1 Å². The lowest BCUT2D eigenvalue weighted by Crippen LogP contribution is -2.04. The van der Waals surface area contributed by atoms with Gasteiger partial charge >= 0.3 is 5.97 Å². The van der Waals surface area contributed by atoms with Crippen molar-refractivity contribution in [1.29, 1.82) is 0 Å². The van der Waals surface area contributed by atoms with Crippen LogP contribution >= 0.6 is 0 Å². The second-order valence-electron chi connectivity index (χ2n) is 5.56. The third-order valence-electron chi connectivity index (χ3n) is 3.48. The van der Waals surface area contributed by atoms with Crippen molar-refractivity contribution in [2.24, 2.45) is 0 Å². The first-order valence-electron chi connectivity index (χ1n) is 8.21. The Kier molecular flexibility index (Phi) is 14.0. The van der Waals surface area contributed by atoms with Crippen LogP contribution in [-0.4, -0.2) is 22.3 Å². The molecule has 0 bridgehead atoms. The number of aliphatic hydroxyl groups is 1. The highest BCUT2D eigenvalue weighted by molar-refractivity contribution is 5.66. The second kappa shape index (κ2) is 14.6. The minimum atomic E-state index is -0.694. The molecule has 0 aromatic rings. The molecule has 0 amide bonds. The maximum atomic E-state index is 10.3. The summed E-state index contributed by atoms with van der Waals surface area (Å²) in [5.41, 5.74) is 0. The molecule has 0 radical (unpaired) electrons. The summed E-state index contributed by atoms with van der Waals surface area (Å²) in [5.74, 6) is -0.694. The van der Waals surface area contributed by atoms with Gasteiger partial charge < -0.3 is 10.2 Å². The molecule has 0 saturated carbocycles. The molecule has 20 heavy (non-hydrogen) atoms. The van der Waals surface area contributed by atoms with E-state index in [1.54, 1.807) is 0 Å². The maximum absolute atomic E-state index is 10.3. The largest absolute Gasteiger partial charge is 0.481 e. The summed E-state index contributed by atoms with van der Waals surface area (Å²) in [5, 5.41) is 18.3. The van der Waals surface area contributed by atoms with E-state index >= 15 is 0 Å². The maximum Gasteiger partial charge on any atom is 0.303 e. The predicted octanol–water partition coefficient (Wildman–Crippen LogP) is 4.69. The number of aliphatic hydroxyl groups excluding tert-OH is 1. The van der Waals surface area contributed by atoms with Crippen molar-refractivity contribution < 1.29 is 15.0 Å². The molecule has 0 aliphatic rings. The number of carbonyl (C=O) groups is 1. The minimum Gasteiger partial charge on any atom is -0.481 e. The molecule has 3 heteroatoms. The summed E-state index contributed by atoms with van der Waals surface area (Å²) < 4.78 is 0. The monoisotopic (exact) mass is 284 g/mol. The zero-order valence-corrected chi connectivity index (χ0v) is 13.0. The lowest BCUT2D eigenvalue weighted by atomic mass is 10.0. The quantitative estimate of drug-likeness (QED) is 0.359. The Hall–Kier alpha value is -0.830. The first-order valence-corrected chi connectivity index (χ1v) is 8.21. The molecule has 1 unspecified atom stereocenters. The van der Waals surface area contributed by atoms with Gasteiger partial charge in [0.15, 0.2) is 0 Å². The van der Waals surface area contributed by atoms with E-state index in [9.17, 15) is 9.90 Å². The third-order valence-corrected chi connectivity index (χ3v) is 3.48. The van der Waals surface area contributed by atoms with E-state index in [0.29, 0.717) is 6.42 Å². The van der Waals surface area contributed by atoms with Gasteiger partial charge in [0.25, 0.3) is 0 Å². The minimum absolute atomic E-state index is 0.195. The number of hydrogen-bond acceptors (Lipinski definition) is 2. The van der Waals surface area contributed by atoms with Gasteiger partial charge in [-0.15, -0.1) is 0 Å². The molecule has 2 N–H and O–H groups in total. The fraction of sp³-hybridized carbons (Fsp3) is 0.824. The third kappa shape index (κ3) is 15.2. The van der Waals surface area contributed by atoms with Gasteiger partial charge in [0, 0.05) is 6.42 Å². The molecule has 0 aliphatic carbocycles. The summed E-state index contributed by atoms with van der Waals surface area (Å²) in [6.07, 6.45) is 15.9. The number of rotatable bonds is 14. The van der Waals surface area contributed by atoms with Crippen LogP contribution in [0.1, 0.15) is 84.0 Å². The molecule has 0 aliphatic heterocycles. The average molecular weight is 284 g/mol. The molecule has 0 spiro atoms. The Bertz CT molecular complexity index is 249. The van der Waals surface area contributed by atoms with Gasteiger partial charge in [0.05, 0.1) is 6.10 Å². The lowest BCUT2D eigenvalue weighted by molar-refractivity contribution is -0.137. The van der Waals surface area contributed by atoms with E-state index in [1.807, 2.05) is 0 Å². The van der Waals surface area contributed by atoms with Crippen LogP contribution in [0.4, 0.5) is 0 Å². The number of carboxylic acids is 1. The lowest BCUT2D eigenvalue weighted by Gasteiger charge is -2.07. The van der Waals surface area contributed by atoms with Gasteiger partial charge in [0.2, 0.25) is 0 Å². The van der Waals surface area contributed by atoms with E-state index < -0.39 is 5.97 Å². The SMILES string of the molecule is CCCCC=CCC(O)CCCCCCCCC(=O)O. The van der Waals surface area contributed by atoms with Crippen LogP contribution in [0.15, 0.2) is 12.2 Å². The molecule has 3 nitrogen and oxygen atoms in total. The summed E-state index contributed by atoms with van der Waals surface area (Å²) in [4.78, 5) is 10.3. The first-order chi connectivity index (χ1) is 9.66. The van der Waals surface area contributed by atoms with Crippen LogP contribution < -0.4 is 0 Å². The molecule has 0 rings (SSSR count). The zero-order chi connectivity index (χ0) is 15.1. The van der Waals surface area contributed by atoms with Crippen LogP contribution in [0.25, 0.3) is 0 Å². The standard InChI is InChI=1S/C17H32O3/c1-2-3-4-7-10-13-16(18)14-11-8-5-6-9-12-15-17(19)20/h7,10,16,18H,2-6,8-9,11-15H2,1H3,(H,19,20). The fourth-order valence-corrected chi connectivity index (χ4v) is 2.17. The number of unbranched alkanes of at least 4 members (excludes halogenated alkanes) is 7. The van der Waals surface area contributed by atoms with Gasteiger partial charge in [-0.2, -0.15) is 0 Å². The van der Waals surface area contributed by atoms with Crippen LogP contribution in [0.5, 0.6) is 0 Å².